The maximum absolute atomic E-state index is 12.0. The van der Waals surface area contributed by atoms with Crippen molar-refractivity contribution in [3.8, 4) is 0 Å². The summed E-state index contributed by atoms with van der Waals surface area (Å²) in [6.07, 6.45) is 5.54. The number of hydrogen-bond donors (Lipinski definition) is 1. The Balaban J connectivity index is 2.03. The number of aryl methyl sites for hydroxylation is 2. The van der Waals surface area contributed by atoms with Gasteiger partial charge in [0, 0.05) is 12.8 Å². The highest BCUT2D eigenvalue weighted by molar-refractivity contribution is 5.67. The fourth-order valence-electron chi connectivity index (χ4n) is 3.17. The van der Waals surface area contributed by atoms with E-state index in [9.17, 15) is 18.0 Å². The van der Waals surface area contributed by atoms with Gasteiger partial charge in [-0.25, -0.2) is 0 Å². The van der Waals surface area contributed by atoms with Crippen molar-refractivity contribution in [2.24, 2.45) is 0 Å². The van der Waals surface area contributed by atoms with E-state index in [-0.39, 0.29) is 12.8 Å². The van der Waals surface area contributed by atoms with E-state index in [1.165, 1.54) is 5.56 Å². The van der Waals surface area contributed by atoms with Gasteiger partial charge in [-0.15, -0.1) is 0 Å². The highest BCUT2D eigenvalue weighted by Gasteiger charge is 2.25. The molecular formula is C21H31F3O2. The van der Waals surface area contributed by atoms with Crippen molar-refractivity contribution in [3.05, 3.63) is 35.4 Å². The van der Waals surface area contributed by atoms with E-state index >= 15 is 0 Å². The highest BCUT2D eigenvalue weighted by atomic mass is 19.4. The van der Waals surface area contributed by atoms with Gasteiger partial charge in [0.05, 0.1) is 0 Å². The van der Waals surface area contributed by atoms with Crippen LogP contribution in [0.2, 0.25) is 0 Å². The summed E-state index contributed by atoms with van der Waals surface area (Å²) in [6.45, 7) is 0. The molecule has 148 valence electrons. The van der Waals surface area contributed by atoms with E-state index in [1.54, 1.807) is 0 Å². The van der Waals surface area contributed by atoms with Crippen molar-refractivity contribution in [1.82, 2.24) is 0 Å². The molecule has 0 unspecified atom stereocenters. The third-order valence-corrected chi connectivity index (χ3v) is 4.63. The Labute approximate surface area is 154 Å². The van der Waals surface area contributed by atoms with Gasteiger partial charge in [-0.05, 0) is 36.8 Å². The number of carboxylic acids is 1. The summed E-state index contributed by atoms with van der Waals surface area (Å²) in [5.41, 5.74) is 2.38. The Bertz CT molecular complexity index is 512. The van der Waals surface area contributed by atoms with Crippen molar-refractivity contribution in [2.75, 3.05) is 0 Å². The maximum Gasteiger partial charge on any atom is 0.389 e. The van der Waals surface area contributed by atoms with Gasteiger partial charge in [0.15, 0.2) is 0 Å². The molecule has 0 saturated heterocycles. The fraction of sp³-hybridized carbons (Fsp3) is 0.667. The predicted octanol–water partition coefficient (Wildman–Crippen LogP) is 6.71. The van der Waals surface area contributed by atoms with Crippen LogP contribution in [0.25, 0.3) is 0 Å². The smallest absolute Gasteiger partial charge is 0.389 e. The van der Waals surface area contributed by atoms with Gasteiger partial charge >= 0.3 is 12.1 Å². The minimum absolute atomic E-state index is 0.167. The predicted molar refractivity (Wildman–Crippen MR) is 98.3 cm³/mol. The summed E-state index contributed by atoms with van der Waals surface area (Å²) in [5.74, 6) is -0.766. The zero-order valence-electron chi connectivity index (χ0n) is 15.5. The molecule has 1 rings (SSSR count). The van der Waals surface area contributed by atoms with Gasteiger partial charge in [0.25, 0.3) is 0 Å². The first-order chi connectivity index (χ1) is 12.4. The zero-order valence-corrected chi connectivity index (χ0v) is 15.5. The minimum Gasteiger partial charge on any atom is -0.481 e. The maximum atomic E-state index is 12.0. The third kappa shape index (κ3) is 11.9. The normalized spacial score (nSPS) is 11.7. The number of halogens is 3. The van der Waals surface area contributed by atoms with Crippen LogP contribution < -0.4 is 0 Å². The average Bonchev–Trinajstić information content (AvgIpc) is 2.57. The van der Waals surface area contributed by atoms with Crippen LogP contribution in [-0.2, 0) is 17.6 Å². The van der Waals surface area contributed by atoms with Crippen molar-refractivity contribution < 1.29 is 23.1 Å². The second-order valence-electron chi connectivity index (χ2n) is 6.96. The van der Waals surface area contributed by atoms with Crippen LogP contribution >= 0.6 is 0 Å². The summed E-state index contributed by atoms with van der Waals surface area (Å²) in [7, 11) is 0. The third-order valence-electron chi connectivity index (χ3n) is 4.63. The van der Waals surface area contributed by atoms with Gasteiger partial charge in [0.2, 0.25) is 0 Å². The largest absolute Gasteiger partial charge is 0.481 e. The average molecular weight is 372 g/mol. The van der Waals surface area contributed by atoms with Gasteiger partial charge in [0.1, 0.15) is 0 Å². The molecule has 1 aromatic carbocycles. The van der Waals surface area contributed by atoms with Crippen molar-refractivity contribution in [1.29, 1.82) is 0 Å². The second-order valence-corrected chi connectivity index (χ2v) is 6.96. The van der Waals surface area contributed by atoms with Gasteiger partial charge in [-0.3, -0.25) is 4.79 Å². The molecule has 1 N–H and O–H groups in total. The lowest BCUT2D eigenvalue weighted by molar-refractivity contribution is -0.137. The molecule has 0 radical (unpaired) electrons. The Morgan fingerprint density at radius 1 is 0.769 bits per heavy atom. The molecule has 0 spiro atoms. The molecule has 5 heteroatoms. The van der Waals surface area contributed by atoms with E-state index in [1.807, 2.05) is 18.2 Å². The summed E-state index contributed by atoms with van der Waals surface area (Å²) in [6, 6.07) is 8.04. The Kier molecular flexibility index (Phi) is 11.1. The van der Waals surface area contributed by atoms with E-state index in [0.29, 0.717) is 12.8 Å². The number of unbranched alkanes of at least 4 members (excludes halogenated alkanes) is 8. The van der Waals surface area contributed by atoms with Gasteiger partial charge in [-0.1, -0.05) is 69.2 Å². The Morgan fingerprint density at radius 3 is 1.73 bits per heavy atom. The SMILES string of the molecule is O=C(O)CCc1ccccc1CCCCCCCCCCCC(F)(F)F. The van der Waals surface area contributed by atoms with E-state index in [2.05, 4.69) is 6.07 Å². The number of carboxylic acid groups (broad SMARTS) is 1. The molecule has 0 bridgehead atoms. The summed E-state index contributed by atoms with van der Waals surface area (Å²) in [5, 5.41) is 8.82. The molecular weight excluding hydrogens is 341 g/mol. The van der Waals surface area contributed by atoms with E-state index in [0.717, 1.165) is 56.9 Å². The molecule has 0 atom stereocenters. The van der Waals surface area contributed by atoms with E-state index in [4.69, 9.17) is 5.11 Å². The van der Waals surface area contributed by atoms with Crippen LogP contribution in [0.15, 0.2) is 24.3 Å². The quantitative estimate of drug-likeness (QED) is 0.369. The van der Waals surface area contributed by atoms with Crippen LogP contribution in [0.4, 0.5) is 13.2 Å². The minimum atomic E-state index is -4.01. The van der Waals surface area contributed by atoms with Crippen molar-refractivity contribution in [3.63, 3.8) is 0 Å². The molecule has 0 amide bonds. The zero-order chi connectivity index (χ0) is 19.3. The van der Waals surface area contributed by atoms with Crippen LogP contribution in [0.5, 0.6) is 0 Å². The van der Waals surface area contributed by atoms with Crippen LogP contribution in [0.3, 0.4) is 0 Å². The standard InChI is InChI=1S/C21H31F3O2/c22-21(23,24)17-11-7-5-3-1-2-4-6-8-12-18-13-9-10-14-19(18)15-16-20(25)26/h9-10,13-14H,1-8,11-12,15-17H2,(H,25,26). The molecule has 0 heterocycles. The Morgan fingerprint density at radius 2 is 1.23 bits per heavy atom. The second kappa shape index (κ2) is 12.8. The molecule has 0 aliphatic rings. The summed E-state index contributed by atoms with van der Waals surface area (Å²) in [4.78, 5) is 10.7. The topological polar surface area (TPSA) is 37.3 Å². The molecule has 0 aliphatic carbocycles. The van der Waals surface area contributed by atoms with Crippen molar-refractivity contribution in [2.45, 2.75) is 89.6 Å². The van der Waals surface area contributed by atoms with E-state index < -0.39 is 18.6 Å². The molecule has 0 aliphatic heterocycles. The number of hydrogen-bond acceptors (Lipinski definition) is 1. The first-order valence-corrected chi connectivity index (χ1v) is 9.74. The summed E-state index contributed by atoms with van der Waals surface area (Å²) >= 11 is 0. The summed E-state index contributed by atoms with van der Waals surface area (Å²) < 4.78 is 36.0. The van der Waals surface area contributed by atoms with Crippen LogP contribution in [0.1, 0.15) is 81.8 Å². The molecule has 0 fully saturated rings. The van der Waals surface area contributed by atoms with Crippen LogP contribution in [-0.4, -0.2) is 17.3 Å². The number of rotatable bonds is 14. The van der Waals surface area contributed by atoms with Crippen molar-refractivity contribution >= 4 is 5.97 Å². The molecule has 0 saturated carbocycles. The Hall–Kier alpha value is -1.52. The molecule has 26 heavy (non-hydrogen) atoms. The molecule has 0 aromatic heterocycles. The fourth-order valence-corrected chi connectivity index (χ4v) is 3.17. The molecule has 1 aromatic rings. The number of benzene rings is 1. The molecule has 2 nitrogen and oxygen atoms in total. The highest BCUT2D eigenvalue weighted by Crippen LogP contribution is 2.23. The lowest BCUT2D eigenvalue weighted by Crippen LogP contribution is -2.06. The van der Waals surface area contributed by atoms with Gasteiger partial charge in [-0.2, -0.15) is 13.2 Å². The lowest BCUT2D eigenvalue weighted by Gasteiger charge is -2.08. The number of alkyl halides is 3. The number of aliphatic carboxylic acids is 1. The monoisotopic (exact) mass is 372 g/mol. The lowest BCUT2D eigenvalue weighted by atomic mass is 9.97. The number of carbonyl (C=O) groups is 1. The van der Waals surface area contributed by atoms with Crippen LogP contribution in [0, 0.1) is 0 Å². The first-order valence-electron chi connectivity index (χ1n) is 9.74. The van der Waals surface area contributed by atoms with Gasteiger partial charge < -0.3 is 5.11 Å². The first kappa shape index (κ1) is 22.5.